The molecule has 0 radical (unpaired) electrons. The molecule has 0 aromatic heterocycles. The van der Waals surface area contributed by atoms with Crippen molar-refractivity contribution in [3.05, 3.63) is 57.0 Å². The first kappa shape index (κ1) is 27.4. The van der Waals surface area contributed by atoms with Crippen LogP contribution in [0.5, 0.6) is 5.75 Å². The maximum Gasteiger partial charge on any atom is 0.304 e. The van der Waals surface area contributed by atoms with Crippen LogP contribution in [0.15, 0.2) is 56.4 Å². The Morgan fingerprint density at radius 1 is 1.11 bits per heavy atom. The summed E-state index contributed by atoms with van der Waals surface area (Å²) >= 11 is 6.99. The van der Waals surface area contributed by atoms with Gasteiger partial charge in [0.05, 0.1) is 5.69 Å². The van der Waals surface area contributed by atoms with Crippen LogP contribution in [0.3, 0.4) is 0 Å². The van der Waals surface area contributed by atoms with Crippen molar-refractivity contribution in [1.29, 1.82) is 5.26 Å². The molecule has 1 amide bonds. The van der Waals surface area contributed by atoms with Crippen LogP contribution in [0.2, 0.25) is 0 Å². The molecule has 0 unspecified atom stereocenters. The molecule has 2 aliphatic heterocycles. The van der Waals surface area contributed by atoms with Crippen molar-refractivity contribution in [1.82, 2.24) is 15.1 Å². The summed E-state index contributed by atoms with van der Waals surface area (Å²) in [7, 11) is 0. The highest BCUT2D eigenvalue weighted by molar-refractivity contribution is 9.11. The minimum Gasteiger partial charge on any atom is -0.425 e. The fourth-order valence-corrected chi connectivity index (χ4v) is 6.27. The smallest absolute Gasteiger partial charge is 0.304 e. The average molecular weight is 632 g/mol. The normalized spacial score (nSPS) is 18.2. The second-order valence-electron chi connectivity index (χ2n) is 9.43. The number of amides is 1. The van der Waals surface area contributed by atoms with E-state index in [0.717, 1.165) is 40.4 Å². The SMILES string of the molecule is N#CNC(=N[C@@H](Cc1cc(Br)c(N)c(Br)c1)C(=O)N1CCC(N2CCCCC2)CC1)Oc1ccccc1. The van der Waals surface area contributed by atoms with Crippen LogP contribution in [0.4, 0.5) is 5.69 Å². The molecule has 1 atom stereocenters. The summed E-state index contributed by atoms with van der Waals surface area (Å²) in [6, 6.07) is 12.6. The second kappa shape index (κ2) is 13.3. The number of nitriles is 1. The fraction of sp³-hybridized carbons (Fsp3) is 0.444. The van der Waals surface area contributed by atoms with Crippen LogP contribution >= 0.6 is 31.9 Å². The molecule has 2 aliphatic rings. The standard InChI is InChI=1S/C27H32Br2N6O2/c28-22-15-19(16-23(29)25(22)31)17-24(33-27(32-18-30)37-21-7-3-1-4-8-21)26(36)35-13-9-20(10-14-35)34-11-5-2-6-12-34/h1,3-4,7-8,15-16,20,24H,2,5-6,9-14,17,31H2,(H,32,33)/t24-/m0/s1. The zero-order chi connectivity index (χ0) is 26.2. The quantitative estimate of drug-likeness (QED) is 0.158. The Morgan fingerprint density at radius 2 is 1.76 bits per heavy atom. The summed E-state index contributed by atoms with van der Waals surface area (Å²) in [6.45, 7) is 3.71. The first-order valence-corrected chi connectivity index (χ1v) is 14.2. The number of anilines is 1. The number of nitrogens with two attached hydrogens (primary N) is 1. The van der Waals surface area contributed by atoms with Crippen LogP contribution in [0.1, 0.15) is 37.7 Å². The third-order valence-corrected chi connectivity index (χ3v) is 8.24. The first-order valence-electron chi connectivity index (χ1n) is 12.7. The van der Waals surface area contributed by atoms with Gasteiger partial charge in [0.25, 0.3) is 0 Å². The molecule has 8 nitrogen and oxygen atoms in total. The third kappa shape index (κ3) is 7.46. The maximum absolute atomic E-state index is 13.8. The number of nitrogens with one attached hydrogen (secondary N) is 1. The summed E-state index contributed by atoms with van der Waals surface area (Å²) in [4.78, 5) is 22.9. The van der Waals surface area contributed by atoms with Crippen LogP contribution in [-0.2, 0) is 11.2 Å². The molecular formula is C27H32Br2N6O2. The molecule has 0 spiro atoms. The minimum atomic E-state index is -0.770. The van der Waals surface area contributed by atoms with Gasteiger partial charge < -0.3 is 20.3 Å². The van der Waals surface area contributed by atoms with Crippen LogP contribution in [0.25, 0.3) is 0 Å². The predicted octanol–water partition coefficient (Wildman–Crippen LogP) is 4.69. The lowest BCUT2D eigenvalue weighted by Gasteiger charge is -2.40. The predicted molar refractivity (Wildman–Crippen MR) is 152 cm³/mol. The van der Waals surface area contributed by atoms with Gasteiger partial charge in [-0.2, -0.15) is 5.26 Å². The van der Waals surface area contributed by atoms with Gasteiger partial charge in [-0.05, 0) is 100 Å². The van der Waals surface area contributed by atoms with Crippen LogP contribution in [0, 0.1) is 11.5 Å². The molecule has 2 fully saturated rings. The van der Waals surface area contributed by atoms with E-state index in [4.69, 9.17) is 10.5 Å². The van der Waals surface area contributed by atoms with E-state index in [2.05, 4.69) is 47.1 Å². The number of carbonyl (C=O) groups is 1. The number of hydrogen-bond donors (Lipinski definition) is 2. The molecule has 2 aromatic carbocycles. The van der Waals surface area contributed by atoms with E-state index in [0.29, 0.717) is 37.0 Å². The highest BCUT2D eigenvalue weighted by atomic mass is 79.9. The molecule has 2 heterocycles. The Morgan fingerprint density at radius 3 is 2.38 bits per heavy atom. The van der Waals surface area contributed by atoms with Gasteiger partial charge in [-0.15, -0.1) is 0 Å². The van der Waals surface area contributed by atoms with Crippen LogP contribution < -0.4 is 15.8 Å². The Kier molecular flexibility index (Phi) is 9.83. The first-order chi connectivity index (χ1) is 17.9. The third-order valence-electron chi connectivity index (χ3n) is 6.93. The molecule has 37 heavy (non-hydrogen) atoms. The number of para-hydroxylation sites is 1. The maximum atomic E-state index is 13.8. The van der Waals surface area contributed by atoms with E-state index in [-0.39, 0.29) is 11.9 Å². The highest BCUT2D eigenvalue weighted by Crippen LogP contribution is 2.31. The second-order valence-corrected chi connectivity index (χ2v) is 11.1. The number of carbonyl (C=O) groups excluding carboxylic acids is 1. The monoisotopic (exact) mass is 630 g/mol. The molecule has 10 heteroatoms. The van der Waals surface area contributed by atoms with Crippen molar-refractivity contribution in [2.45, 2.75) is 50.6 Å². The van der Waals surface area contributed by atoms with E-state index < -0.39 is 6.04 Å². The minimum absolute atomic E-state index is 0.0103. The van der Waals surface area contributed by atoms with E-state index in [9.17, 15) is 10.1 Å². The molecule has 2 saturated heterocycles. The molecule has 0 saturated carbocycles. The number of amidine groups is 1. The molecule has 0 aliphatic carbocycles. The average Bonchev–Trinajstić information content (AvgIpc) is 2.92. The zero-order valence-electron chi connectivity index (χ0n) is 20.7. The number of aliphatic imine (C=N–C) groups is 1. The number of hydrogen-bond acceptors (Lipinski definition) is 6. The van der Waals surface area contributed by atoms with Gasteiger partial charge in [-0.3, -0.25) is 4.79 Å². The lowest BCUT2D eigenvalue weighted by atomic mass is 9.98. The zero-order valence-corrected chi connectivity index (χ0v) is 23.9. The summed E-state index contributed by atoms with van der Waals surface area (Å²) in [5.41, 5.74) is 7.55. The van der Waals surface area contributed by atoms with Gasteiger partial charge in [0.15, 0.2) is 6.19 Å². The van der Waals surface area contributed by atoms with Gasteiger partial charge in [0, 0.05) is 34.5 Å². The van der Waals surface area contributed by atoms with Crippen LogP contribution in [-0.4, -0.2) is 60.0 Å². The Balaban J connectivity index is 1.55. The molecule has 4 rings (SSSR count). The summed E-state index contributed by atoms with van der Waals surface area (Å²) in [6.07, 6.45) is 7.97. The van der Waals surface area contributed by atoms with Crippen molar-refractivity contribution in [3.8, 4) is 11.9 Å². The van der Waals surface area contributed by atoms with E-state index in [1.807, 2.05) is 41.4 Å². The Labute approximate surface area is 235 Å². The number of nitrogen functional groups attached to an aromatic ring is 1. The number of ether oxygens (including phenoxy) is 1. The molecule has 0 bridgehead atoms. The van der Waals surface area contributed by atoms with Crippen molar-refractivity contribution in [2.75, 3.05) is 31.9 Å². The topological polar surface area (TPSA) is 107 Å². The number of nitrogens with zero attached hydrogens (tertiary/aromatic N) is 4. The van der Waals surface area contributed by atoms with E-state index >= 15 is 0 Å². The van der Waals surface area contributed by atoms with Crippen molar-refractivity contribution in [3.63, 3.8) is 0 Å². The largest absolute Gasteiger partial charge is 0.425 e. The van der Waals surface area contributed by atoms with Crippen molar-refractivity contribution >= 4 is 49.5 Å². The van der Waals surface area contributed by atoms with Gasteiger partial charge in [0.1, 0.15) is 11.8 Å². The van der Waals surface area contributed by atoms with E-state index in [1.165, 1.54) is 19.3 Å². The number of halogens is 2. The lowest BCUT2D eigenvalue weighted by molar-refractivity contribution is -0.134. The number of rotatable bonds is 6. The number of likely N-dealkylation sites (tertiary alicyclic amines) is 2. The molecular weight excluding hydrogens is 600 g/mol. The van der Waals surface area contributed by atoms with Gasteiger partial charge >= 0.3 is 6.02 Å². The van der Waals surface area contributed by atoms with Gasteiger partial charge in [-0.1, -0.05) is 24.6 Å². The molecule has 3 N–H and O–H groups in total. The van der Waals surface area contributed by atoms with Gasteiger partial charge in [-0.25, -0.2) is 10.3 Å². The van der Waals surface area contributed by atoms with Crippen molar-refractivity contribution in [2.24, 2.45) is 4.99 Å². The van der Waals surface area contributed by atoms with Crippen molar-refractivity contribution < 1.29 is 9.53 Å². The Hall–Kier alpha value is -2.61. The van der Waals surface area contributed by atoms with Gasteiger partial charge in [0.2, 0.25) is 5.91 Å². The van der Waals surface area contributed by atoms with E-state index in [1.54, 1.807) is 12.1 Å². The lowest BCUT2D eigenvalue weighted by Crippen LogP contribution is -2.50. The number of benzene rings is 2. The summed E-state index contributed by atoms with van der Waals surface area (Å²) in [5, 5.41) is 11.8. The molecule has 196 valence electrons. The summed E-state index contributed by atoms with van der Waals surface area (Å²) < 4.78 is 7.31. The summed E-state index contributed by atoms with van der Waals surface area (Å²) in [5.74, 6) is 0.450. The fourth-order valence-electron chi connectivity index (χ4n) is 4.99. The Bertz CT molecular complexity index is 1120. The highest BCUT2D eigenvalue weighted by Gasteiger charge is 2.31. The number of piperidine rings is 2. The molecule has 2 aromatic rings.